The molecule has 6 nitrogen and oxygen atoms in total. The van der Waals surface area contributed by atoms with Gasteiger partial charge in [0.2, 0.25) is 5.91 Å². The fraction of sp³-hybridized carbons (Fsp3) is 0.0833. The van der Waals surface area contributed by atoms with Gasteiger partial charge in [-0.15, -0.1) is 0 Å². The molecule has 34 heavy (non-hydrogen) atoms. The number of halogens is 3. The third-order valence-corrected chi connectivity index (χ3v) is 6.32. The van der Waals surface area contributed by atoms with E-state index in [4.69, 9.17) is 0 Å². The van der Waals surface area contributed by atoms with Gasteiger partial charge in [-0.2, -0.15) is 13.2 Å². The first-order valence-corrected chi connectivity index (χ1v) is 11.5. The first-order valence-electron chi connectivity index (χ1n) is 10.0. The van der Waals surface area contributed by atoms with Crippen LogP contribution < -0.4 is 10.0 Å². The van der Waals surface area contributed by atoms with Gasteiger partial charge >= 0.3 is 6.18 Å². The van der Waals surface area contributed by atoms with Crippen molar-refractivity contribution in [1.29, 1.82) is 0 Å². The lowest BCUT2D eigenvalue weighted by Crippen LogP contribution is -2.17. The predicted molar refractivity (Wildman–Crippen MR) is 123 cm³/mol. The summed E-state index contributed by atoms with van der Waals surface area (Å²) in [7, 11) is -4.20. The molecule has 0 radical (unpaired) electrons. The van der Waals surface area contributed by atoms with Crippen molar-refractivity contribution >= 4 is 38.2 Å². The highest BCUT2D eigenvalue weighted by Crippen LogP contribution is 2.31. The Balaban J connectivity index is 1.50. The minimum Gasteiger partial charge on any atom is -0.326 e. The van der Waals surface area contributed by atoms with E-state index in [2.05, 4.69) is 15.0 Å². The van der Waals surface area contributed by atoms with Crippen molar-refractivity contribution in [2.24, 2.45) is 0 Å². The lowest BCUT2D eigenvalue weighted by atomic mass is 10.1. The van der Waals surface area contributed by atoms with E-state index in [-0.39, 0.29) is 28.6 Å². The number of fused-ring (bicyclic) bond motifs is 1. The molecule has 1 aromatic heterocycles. The zero-order valence-corrected chi connectivity index (χ0v) is 18.3. The number of pyridine rings is 1. The van der Waals surface area contributed by atoms with Crippen LogP contribution in [0.4, 0.5) is 24.5 Å². The Hall–Kier alpha value is -3.92. The Morgan fingerprint density at radius 3 is 2.38 bits per heavy atom. The molecular formula is C24H18F3N3O3S. The molecular weight excluding hydrogens is 467 g/mol. The molecule has 0 saturated heterocycles. The van der Waals surface area contributed by atoms with Crippen molar-refractivity contribution < 1.29 is 26.4 Å². The molecule has 0 bridgehead atoms. The number of carbonyl (C=O) groups is 1. The van der Waals surface area contributed by atoms with Crippen molar-refractivity contribution in [3.8, 4) is 0 Å². The number of nitrogens with zero attached hydrogens (tertiary/aromatic N) is 1. The van der Waals surface area contributed by atoms with Gasteiger partial charge in [0.15, 0.2) is 0 Å². The Morgan fingerprint density at radius 1 is 0.882 bits per heavy atom. The lowest BCUT2D eigenvalue weighted by molar-refractivity contribution is -0.137. The molecule has 0 spiro atoms. The van der Waals surface area contributed by atoms with E-state index in [9.17, 15) is 26.4 Å². The van der Waals surface area contributed by atoms with Gasteiger partial charge in [0, 0.05) is 23.0 Å². The summed E-state index contributed by atoms with van der Waals surface area (Å²) in [6.45, 7) is 0. The second-order valence-electron chi connectivity index (χ2n) is 7.43. The minimum atomic E-state index is -4.61. The molecule has 0 unspecified atom stereocenters. The second-order valence-corrected chi connectivity index (χ2v) is 9.11. The van der Waals surface area contributed by atoms with Crippen LogP contribution in [0.25, 0.3) is 10.9 Å². The number of benzene rings is 3. The van der Waals surface area contributed by atoms with Gasteiger partial charge < -0.3 is 5.32 Å². The quantitative estimate of drug-likeness (QED) is 0.391. The average Bonchev–Trinajstić information content (AvgIpc) is 2.79. The first-order chi connectivity index (χ1) is 16.1. The van der Waals surface area contributed by atoms with Crippen molar-refractivity contribution in [1.82, 2.24) is 4.98 Å². The van der Waals surface area contributed by atoms with Gasteiger partial charge in [0.05, 0.1) is 22.4 Å². The summed E-state index contributed by atoms with van der Waals surface area (Å²) in [6.07, 6.45) is -2.95. The van der Waals surface area contributed by atoms with E-state index >= 15 is 0 Å². The Bertz CT molecular complexity index is 1470. The molecule has 1 amide bonds. The van der Waals surface area contributed by atoms with E-state index < -0.39 is 21.8 Å². The summed E-state index contributed by atoms with van der Waals surface area (Å²) in [4.78, 5) is 16.7. The molecule has 0 fully saturated rings. The molecule has 174 valence electrons. The normalized spacial score (nSPS) is 11.9. The van der Waals surface area contributed by atoms with Crippen LogP contribution in [0.1, 0.15) is 11.1 Å². The Labute approximate surface area is 193 Å². The fourth-order valence-corrected chi connectivity index (χ4v) is 4.50. The van der Waals surface area contributed by atoms with E-state index in [0.29, 0.717) is 17.1 Å². The molecule has 2 N–H and O–H groups in total. The number of anilines is 2. The third-order valence-electron chi connectivity index (χ3n) is 4.94. The van der Waals surface area contributed by atoms with Crippen LogP contribution in [-0.4, -0.2) is 19.3 Å². The molecule has 0 aliphatic rings. The number of hydrogen-bond donors (Lipinski definition) is 2. The number of aromatic nitrogens is 1. The molecule has 0 atom stereocenters. The highest BCUT2D eigenvalue weighted by molar-refractivity contribution is 7.92. The van der Waals surface area contributed by atoms with Gasteiger partial charge in [-0.25, -0.2) is 8.42 Å². The monoisotopic (exact) mass is 485 g/mol. The van der Waals surface area contributed by atoms with Crippen LogP contribution in [0.15, 0.2) is 90.0 Å². The van der Waals surface area contributed by atoms with E-state index in [1.165, 1.54) is 30.3 Å². The second kappa shape index (κ2) is 9.14. The van der Waals surface area contributed by atoms with Crippen LogP contribution in [0.2, 0.25) is 0 Å². The maximum atomic E-state index is 12.9. The summed E-state index contributed by atoms with van der Waals surface area (Å²) in [6, 6.07) is 18.5. The SMILES string of the molecule is O=C(Cc1cccc2cccnc12)Nc1cccc(S(=O)(=O)Nc2cccc(C(F)(F)F)c2)c1. The maximum Gasteiger partial charge on any atom is 0.416 e. The summed E-state index contributed by atoms with van der Waals surface area (Å²) in [5, 5.41) is 3.54. The summed E-state index contributed by atoms with van der Waals surface area (Å²) < 4.78 is 66.3. The zero-order valence-electron chi connectivity index (χ0n) is 17.5. The number of carbonyl (C=O) groups excluding carboxylic acids is 1. The molecule has 1 heterocycles. The number of rotatable bonds is 6. The number of alkyl halides is 3. The highest BCUT2D eigenvalue weighted by Gasteiger charge is 2.30. The summed E-state index contributed by atoms with van der Waals surface area (Å²) in [5.74, 6) is -0.376. The van der Waals surface area contributed by atoms with Crippen LogP contribution in [-0.2, 0) is 27.4 Å². The first kappa shape index (κ1) is 23.2. The van der Waals surface area contributed by atoms with Crippen LogP contribution in [0.3, 0.4) is 0 Å². The molecule has 0 aliphatic heterocycles. The summed E-state index contributed by atoms with van der Waals surface area (Å²) in [5.41, 5.74) is 0.432. The summed E-state index contributed by atoms with van der Waals surface area (Å²) >= 11 is 0. The number of para-hydroxylation sites is 1. The van der Waals surface area contributed by atoms with E-state index in [1.54, 1.807) is 18.3 Å². The van der Waals surface area contributed by atoms with Gasteiger partial charge in [-0.05, 0) is 48.0 Å². The Kier molecular flexibility index (Phi) is 6.25. The smallest absolute Gasteiger partial charge is 0.326 e. The molecule has 0 aliphatic carbocycles. The van der Waals surface area contributed by atoms with E-state index in [0.717, 1.165) is 17.5 Å². The highest BCUT2D eigenvalue weighted by atomic mass is 32.2. The van der Waals surface area contributed by atoms with Gasteiger partial charge in [-0.1, -0.05) is 36.4 Å². The van der Waals surface area contributed by atoms with Crippen molar-refractivity contribution in [3.63, 3.8) is 0 Å². The van der Waals surface area contributed by atoms with Gasteiger partial charge in [0.25, 0.3) is 10.0 Å². The average molecular weight is 485 g/mol. The van der Waals surface area contributed by atoms with Crippen LogP contribution in [0.5, 0.6) is 0 Å². The molecule has 0 saturated carbocycles. The maximum absolute atomic E-state index is 12.9. The van der Waals surface area contributed by atoms with Crippen molar-refractivity contribution in [2.75, 3.05) is 10.0 Å². The number of amides is 1. The number of sulfonamides is 1. The Morgan fingerprint density at radius 2 is 1.59 bits per heavy atom. The van der Waals surface area contributed by atoms with Crippen LogP contribution in [0, 0.1) is 0 Å². The fourth-order valence-electron chi connectivity index (χ4n) is 3.40. The molecule has 3 aromatic carbocycles. The minimum absolute atomic E-state index is 0.0216. The number of hydrogen-bond acceptors (Lipinski definition) is 4. The predicted octanol–water partition coefficient (Wildman–Crippen LogP) is 5.24. The van der Waals surface area contributed by atoms with Crippen LogP contribution >= 0.6 is 0 Å². The van der Waals surface area contributed by atoms with Crippen molar-refractivity contribution in [2.45, 2.75) is 17.5 Å². The molecule has 4 rings (SSSR count). The zero-order chi connectivity index (χ0) is 24.3. The lowest BCUT2D eigenvalue weighted by Gasteiger charge is -2.12. The standard InChI is InChI=1S/C24H18F3N3O3S/c25-24(26,27)18-8-2-10-20(14-18)30-34(32,33)21-11-3-9-19(15-21)29-22(31)13-17-6-1-5-16-7-4-12-28-23(16)17/h1-12,14-15,30H,13H2,(H,29,31). The largest absolute Gasteiger partial charge is 0.416 e. The topological polar surface area (TPSA) is 88.2 Å². The number of nitrogens with one attached hydrogen (secondary N) is 2. The van der Waals surface area contributed by atoms with Gasteiger partial charge in [0.1, 0.15) is 0 Å². The third kappa shape index (κ3) is 5.34. The van der Waals surface area contributed by atoms with Gasteiger partial charge in [-0.3, -0.25) is 14.5 Å². The molecule has 4 aromatic rings. The van der Waals surface area contributed by atoms with E-state index in [1.807, 2.05) is 18.2 Å². The van der Waals surface area contributed by atoms with Crippen molar-refractivity contribution in [3.05, 3.63) is 96.2 Å². The molecule has 10 heteroatoms.